The number of hydrogen-bond donors (Lipinski definition) is 2. The third kappa shape index (κ3) is 5.01. The molecule has 0 aliphatic heterocycles. The quantitative estimate of drug-likeness (QED) is 0.638. The second-order valence-electron chi connectivity index (χ2n) is 6.37. The standard InChI is InChI=1S/C22H21N3O2/c1-15-5-3-6-17(11-15)13-23-21-10-9-19(14-24-21)22(27)25-20-8-4-7-18(12-20)16(2)26/h3-12,14H,13H2,1-2H3,(H,23,24)(H,25,27). The van der Waals surface area contributed by atoms with Gasteiger partial charge in [0.25, 0.3) is 5.91 Å². The summed E-state index contributed by atoms with van der Waals surface area (Å²) in [7, 11) is 0. The van der Waals surface area contributed by atoms with E-state index in [1.807, 2.05) is 6.07 Å². The van der Waals surface area contributed by atoms with Crippen LogP contribution in [0, 0.1) is 6.92 Å². The zero-order chi connectivity index (χ0) is 19.2. The number of anilines is 2. The van der Waals surface area contributed by atoms with E-state index in [2.05, 4.69) is 40.7 Å². The Morgan fingerprint density at radius 3 is 2.48 bits per heavy atom. The summed E-state index contributed by atoms with van der Waals surface area (Å²) in [5.41, 5.74) is 3.97. The predicted molar refractivity (Wildman–Crippen MR) is 107 cm³/mol. The number of Topliss-reactive ketones (excluding diaryl/α,β-unsaturated/α-hetero) is 1. The number of ketones is 1. The van der Waals surface area contributed by atoms with E-state index in [1.165, 1.54) is 24.2 Å². The third-order valence-corrected chi connectivity index (χ3v) is 4.11. The van der Waals surface area contributed by atoms with Crippen molar-refractivity contribution in [2.45, 2.75) is 20.4 Å². The van der Waals surface area contributed by atoms with Gasteiger partial charge in [-0.05, 0) is 43.7 Å². The van der Waals surface area contributed by atoms with Crippen LogP contribution in [-0.4, -0.2) is 16.7 Å². The molecule has 2 N–H and O–H groups in total. The summed E-state index contributed by atoms with van der Waals surface area (Å²) in [6.07, 6.45) is 1.53. The number of rotatable bonds is 6. The van der Waals surface area contributed by atoms with Gasteiger partial charge in [0.05, 0.1) is 5.56 Å². The Bertz CT molecular complexity index is 965. The molecule has 0 atom stereocenters. The lowest BCUT2D eigenvalue weighted by atomic mass is 10.1. The van der Waals surface area contributed by atoms with Crippen molar-refractivity contribution in [3.63, 3.8) is 0 Å². The van der Waals surface area contributed by atoms with Crippen LogP contribution >= 0.6 is 0 Å². The van der Waals surface area contributed by atoms with E-state index in [0.717, 1.165) is 0 Å². The summed E-state index contributed by atoms with van der Waals surface area (Å²) >= 11 is 0. The minimum Gasteiger partial charge on any atom is -0.366 e. The molecule has 1 aromatic heterocycles. The molecule has 2 aromatic carbocycles. The summed E-state index contributed by atoms with van der Waals surface area (Å²) in [5.74, 6) is 0.386. The Balaban J connectivity index is 1.61. The highest BCUT2D eigenvalue weighted by molar-refractivity contribution is 6.05. The Labute approximate surface area is 158 Å². The maximum Gasteiger partial charge on any atom is 0.257 e. The van der Waals surface area contributed by atoms with Crippen LogP contribution in [0.15, 0.2) is 66.9 Å². The number of amides is 1. The summed E-state index contributed by atoms with van der Waals surface area (Å²) in [5, 5.41) is 6.03. The van der Waals surface area contributed by atoms with Crippen molar-refractivity contribution in [3.05, 3.63) is 89.1 Å². The average Bonchev–Trinajstić information content (AvgIpc) is 2.67. The van der Waals surface area contributed by atoms with Gasteiger partial charge in [-0.25, -0.2) is 4.98 Å². The van der Waals surface area contributed by atoms with E-state index in [9.17, 15) is 9.59 Å². The number of aromatic nitrogens is 1. The molecule has 0 fully saturated rings. The summed E-state index contributed by atoms with van der Waals surface area (Å²) < 4.78 is 0. The molecule has 0 aliphatic carbocycles. The number of carbonyl (C=O) groups excluding carboxylic acids is 2. The number of benzene rings is 2. The van der Waals surface area contributed by atoms with Crippen molar-refractivity contribution < 1.29 is 9.59 Å². The molecule has 1 amide bonds. The van der Waals surface area contributed by atoms with Crippen molar-refractivity contribution in [1.29, 1.82) is 0 Å². The first-order valence-corrected chi connectivity index (χ1v) is 8.69. The smallest absolute Gasteiger partial charge is 0.257 e. The van der Waals surface area contributed by atoms with Gasteiger partial charge >= 0.3 is 0 Å². The highest BCUT2D eigenvalue weighted by Gasteiger charge is 2.08. The normalized spacial score (nSPS) is 10.3. The fourth-order valence-electron chi connectivity index (χ4n) is 2.67. The van der Waals surface area contributed by atoms with Crippen LogP contribution in [0.5, 0.6) is 0 Å². The van der Waals surface area contributed by atoms with Gasteiger partial charge in [-0.2, -0.15) is 0 Å². The molecule has 3 rings (SSSR count). The molecule has 0 spiro atoms. The molecule has 27 heavy (non-hydrogen) atoms. The van der Waals surface area contributed by atoms with Gasteiger partial charge in [-0.3, -0.25) is 9.59 Å². The zero-order valence-electron chi connectivity index (χ0n) is 15.3. The lowest BCUT2D eigenvalue weighted by Crippen LogP contribution is -2.13. The maximum absolute atomic E-state index is 12.4. The van der Waals surface area contributed by atoms with Crippen LogP contribution in [0.2, 0.25) is 0 Å². The minimum absolute atomic E-state index is 0.0446. The van der Waals surface area contributed by atoms with E-state index in [-0.39, 0.29) is 11.7 Å². The van der Waals surface area contributed by atoms with Gasteiger partial charge in [0.1, 0.15) is 5.82 Å². The fraction of sp³-hybridized carbons (Fsp3) is 0.136. The summed E-state index contributed by atoms with van der Waals surface area (Å²) in [4.78, 5) is 28.1. The Kier molecular flexibility index (Phi) is 5.61. The molecule has 0 radical (unpaired) electrons. The molecule has 0 bridgehead atoms. The first-order valence-electron chi connectivity index (χ1n) is 8.69. The first kappa shape index (κ1) is 18.3. The topological polar surface area (TPSA) is 71.1 Å². The minimum atomic E-state index is -0.270. The van der Waals surface area contributed by atoms with Crippen molar-refractivity contribution in [2.75, 3.05) is 10.6 Å². The number of hydrogen-bond acceptors (Lipinski definition) is 4. The van der Waals surface area contributed by atoms with Crippen molar-refractivity contribution in [3.8, 4) is 0 Å². The highest BCUT2D eigenvalue weighted by atomic mass is 16.1. The van der Waals surface area contributed by atoms with Crippen LogP contribution in [-0.2, 0) is 6.54 Å². The summed E-state index contributed by atoms with van der Waals surface area (Å²) in [6.45, 7) is 4.21. The molecular formula is C22H21N3O2. The molecule has 0 unspecified atom stereocenters. The monoisotopic (exact) mass is 359 g/mol. The third-order valence-electron chi connectivity index (χ3n) is 4.11. The van der Waals surface area contributed by atoms with Gasteiger partial charge in [-0.15, -0.1) is 0 Å². The zero-order valence-corrected chi connectivity index (χ0v) is 15.3. The SMILES string of the molecule is CC(=O)c1cccc(NC(=O)c2ccc(NCc3cccc(C)c3)nc2)c1. The number of aryl methyl sites for hydroxylation is 1. The van der Waals surface area contributed by atoms with E-state index >= 15 is 0 Å². The molecule has 0 aliphatic rings. The van der Waals surface area contributed by atoms with E-state index < -0.39 is 0 Å². The van der Waals surface area contributed by atoms with E-state index in [0.29, 0.717) is 29.2 Å². The molecule has 1 heterocycles. The predicted octanol–water partition coefficient (Wildman–Crippen LogP) is 4.46. The van der Waals surface area contributed by atoms with Crippen LogP contribution in [0.3, 0.4) is 0 Å². The Hall–Kier alpha value is -3.47. The van der Waals surface area contributed by atoms with Crippen LogP contribution < -0.4 is 10.6 Å². The molecule has 3 aromatic rings. The number of pyridine rings is 1. The average molecular weight is 359 g/mol. The number of nitrogens with one attached hydrogen (secondary N) is 2. The lowest BCUT2D eigenvalue weighted by Gasteiger charge is -2.08. The van der Waals surface area contributed by atoms with Crippen LogP contribution in [0.4, 0.5) is 11.5 Å². The lowest BCUT2D eigenvalue weighted by molar-refractivity contribution is 0.101. The van der Waals surface area contributed by atoms with Gasteiger partial charge in [0, 0.05) is 24.0 Å². The second kappa shape index (κ2) is 8.27. The highest BCUT2D eigenvalue weighted by Crippen LogP contribution is 2.14. The van der Waals surface area contributed by atoms with Crippen molar-refractivity contribution in [1.82, 2.24) is 4.98 Å². The molecular weight excluding hydrogens is 338 g/mol. The maximum atomic E-state index is 12.4. The van der Waals surface area contributed by atoms with Gasteiger partial charge in [0.15, 0.2) is 5.78 Å². The van der Waals surface area contributed by atoms with E-state index in [4.69, 9.17) is 0 Å². The Morgan fingerprint density at radius 2 is 1.78 bits per heavy atom. The van der Waals surface area contributed by atoms with Gasteiger partial charge in [-0.1, -0.05) is 42.0 Å². The molecule has 0 saturated carbocycles. The number of nitrogens with zero attached hydrogens (tertiary/aromatic N) is 1. The largest absolute Gasteiger partial charge is 0.366 e. The van der Waals surface area contributed by atoms with Gasteiger partial charge < -0.3 is 10.6 Å². The molecule has 5 heteroatoms. The molecule has 5 nitrogen and oxygen atoms in total. The first-order chi connectivity index (χ1) is 13.0. The van der Waals surface area contributed by atoms with Crippen LogP contribution in [0.25, 0.3) is 0 Å². The number of carbonyl (C=O) groups is 2. The van der Waals surface area contributed by atoms with Gasteiger partial charge in [0.2, 0.25) is 0 Å². The van der Waals surface area contributed by atoms with Crippen molar-refractivity contribution in [2.24, 2.45) is 0 Å². The van der Waals surface area contributed by atoms with Crippen LogP contribution in [0.1, 0.15) is 38.8 Å². The van der Waals surface area contributed by atoms with E-state index in [1.54, 1.807) is 36.4 Å². The Morgan fingerprint density at radius 1 is 0.963 bits per heavy atom. The molecule has 136 valence electrons. The molecule has 0 saturated heterocycles. The second-order valence-corrected chi connectivity index (χ2v) is 6.37. The van der Waals surface area contributed by atoms with Crippen molar-refractivity contribution >= 4 is 23.2 Å². The fourth-order valence-corrected chi connectivity index (χ4v) is 2.67. The summed E-state index contributed by atoms with van der Waals surface area (Å²) in [6, 6.07) is 18.6.